The Balaban J connectivity index is 0.00000168. The number of piperidine rings is 3. The SMILES string of the molecule is Cl.Cl.c1ccc(CNC2C3CCN(CC3)C2Cc2ccccc2-c2ccccc2Cc2ccccc2)cc1. The molecule has 2 atom stereocenters. The van der Waals surface area contributed by atoms with Crippen molar-refractivity contribution in [1.29, 1.82) is 0 Å². The maximum absolute atomic E-state index is 4.00. The molecule has 2 bridgehead atoms. The van der Waals surface area contributed by atoms with Crippen molar-refractivity contribution in [3.8, 4) is 11.1 Å². The fraction of sp³-hybridized carbons (Fsp3) is 0.294. The summed E-state index contributed by atoms with van der Waals surface area (Å²) in [5, 5.41) is 4.00. The molecule has 0 saturated carbocycles. The lowest BCUT2D eigenvalue weighted by molar-refractivity contribution is 0.0127. The lowest BCUT2D eigenvalue weighted by Crippen LogP contribution is -2.63. The van der Waals surface area contributed by atoms with Gasteiger partial charge in [0.05, 0.1) is 0 Å². The second-order valence-electron chi connectivity index (χ2n) is 10.5. The average Bonchev–Trinajstić information content (AvgIpc) is 2.95. The van der Waals surface area contributed by atoms with E-state index in [0.29, 0.717) is 12.1 Å². The van der Waals surface area contributed by atoms with Gasteiger partial charge in [0.2, 0.25) is 0 Å². The van der Waals surface area contributed by atoms with E-state index in [1.165, 1.54) is 59.3 Å². The van der Waals surface area contributed by atoms with E-state index in [2.05, 4.69) is 119 Å². The normalized spacial score (nSPS) is 21.8. The van der Waals surface area contributed by atoms with E-state index < -0.39 is 0 Å². The Labute approximate surface area is 240 Å². The fourth-order valence-corrected chi connectivity index (χ4v) is 6.48. The molecule has 0 radical (unpaired) electrons. The van der Waals surface area contributed by atoms with E-state index in [4.69, 9.17) is 0 Å². The molecule has 0 spiro atoms. The third-order valence-corrected chi connectivity index (χ3v) is 8.34. The highest BCUT2D eigenvalue weighted by Gasteiger charge is 2.41. The Morgan fingerprint density at radius 1 is 0.605 bits per heavy atom. The van der Waals surface area contributed by atoms with Crippen LogP contribution in [0.4, 0.5) is 0 Å². The predicted octanol–water partition coefficient (Wildman–Crippen LogP) is 7.58. The summed E-state index contributed by atoms with van der Waals surface area (Å²) in [5.74, 6) is 0.779. The Hall–Kier alpha value is -2.62. The summed E-state index contributed by atoms with van der Waals surface area (Å²) < 4.78 is 0. The Kier molecular flexibility index (Phi) is 10.0. The van der Waals surface area contributed by atoms with Crippen molar-refractivity contribution in [2.45, 2.75) is 44.3 Å². The van der Waals surface area contributed by atoms with E-state index in [1.54, 1.807) is 0 Å². The smallest absolute Gasteiger partial charge is 0.0292 e. The maximum Gasteiger partial charge on any atom is 0.0292 e. The summed E-state index contributed by atoms with van der Waals surface area (Å²) in [6, 6.07) is 40.9. The summed E-state index contributed by atoms with van der Waals surface area (Å²) >= 11 is 0. The minimum absolute atomic E-state index is 0. The average molecular weight is 546 g/mol. The summed E-state index contributed by atoms with van der Waals surface area (Å²) in [7, 11) is 0. The van der Waals surface area contributed by atoms with Gasteiger partial charge in [-0.05, 0) is 78.1 Å². The molecule has 0 amide bonds. The highest BCUT2D eigenvalue weighted by Crippen LogP contribution is 2.36. The van der Waals surface area contributed by atoms with Crippen LogP contribution < -0.4 is 5.32 Å². The highest BCUT2D eigenvalue weighted by atomic mass is 35.5. The quantitative estimate of drug-likeness (QED) is 0.246. The zero-order valence-electron chi connectivity index (χ0n) is 21.8. The number of halogens is 2. The molecule has 3 aliphatic heterocycles. The third-order valence-electron chi connectivity index (χ3n) is 8.34. The highest BCUT2D eigenvalue weighted by molar-refractivity contribution is 5.85. The fourth-order valence-electron chi connectivity index (χ4n) is 6.48. The van der Waals surface area contributed by atoms with E-state index in [1.807, 2.05) is 0 Å². The number of nitrogens with one attached hydrogen (secondary N) is 1. The number of benzene rings is 4. The van der Waals surface area contributed by atoms with Gasteiger partial charge in [-0.25, -0.2) is 0 Å². The van der Waals surface area contributed by atoms with Gasteiger partial charge in [-0.15, -0.1) is 24.8 Å². The first-order valence-corrected chi connectivity index (χ1v) is 13.6. The van der Waals surface area contributed by atoms with Gasteiger partial charge in [0, 0.05) is 18.6 Å². The summed E-state index contributed by atoms with van der Waals surface area (Å²) in [5.41, 5.74) is 8.39. The standard InChI is InChI=1S/C34H36N2.2ClH/c1-3-11-26(12-4-1)23-29-15-7-9-17-31(29)32-18-10-8-16-30(32)24-33-34(28-19-21-36(33)22-20-28)35-25-27-13-5-2-6-14-27;;/h1-18,28,33-35H,19-25H2;2*1H. The van der Waals surface area contributed by atoms with Crippen LogP contribution in [0.25, 0.3) is 11.1 Å². The van der Waals surface area contributed by atoms with Gasteiger partial charge in [-0.3, -0.25) is 4.90 Å². The topological polar surface area (TPSA) is 15.3 Å². The number of rotatable bonds is 8. The second-order valence-corrected chi connectivity index (χ2v) is 10.5. The first-order chi connectivity index (χ1) is 17.8. The zero-order chi connectivity index (χ0) is 24.2. The molecule has 0 aromatic heterocycles. The lowest BCUT2D eigenvalue weighted by Gasteiger charge is -2.51. The molecule has 1 N–H and O–H groups in total. The van der Waals surface area contributed by atoms with Crippen LogP contribution in [0.15, 0.2) is 109 Å². The van der Waals surface area contributed by atoms with Crippen LogP contribution in [-0.2, 0) is 19.4 Å². The predicted molar refractivity (Wildman–Crippen MR) is 164 cm³/mol. The molecule has 3 saturated heterocycles. The molecular formula is C34H38Cl2N2. The van der Waals surface area contributed by atoms with Gasteiger partial charge < -0.3 is 5.32 Å². The maximum atomic E-state index is 4.00. The van der Waals surface area contributed by atoms with Gasteiger partial charge in [0.1, 0.15) is 0 Å². The van der Waals surface area contributed by atoms with Crippen molar-refractivity contribution in [2.24, 2.45) is 5.92 Å². The number of hydrogen-bond donors (Lipinski definition) is 1. The third kappa shape index (κ3) is 6.33. The Morgan fingerprint density at radius 3 is 1.79 bits per heavy atom. The summed E-state index contributed by atoms with van der Waals surface area (Å²) in [4.78, 5) is 2.76. The van der Waals surface area contributed by atoms with Crippen LogP contribution in [0, 0.1) is 5.92 Å². The summed E-state index contributed by atoms with van der Waals surface area (Å²) in [6.07, 6.45) is 4.71. The van der Waals surface area contributed by atoms with Crippen LogP contribution in [0.2, 0.25) is 0 Å². The van der Waals surface area contributed by atoms with Crippen LogP contribution in [0.3, 0.4) is 0 Å². The van der Waals surface area contributed by atoms with E-state index in [9.17, 15) is 0 Å². The molecule has 0 aliphatic carbocycles. The van der Waals surface area contributed by atoms with Gasteiger partial charge >= 0.3 is 0 Å². The zero-order valence-corrected chi connectivity index (χ0v) is 23.5. The Bertz CT molecular complexity index is 1270. The largest absolute Gasteiger partial charge is 0.308 e. The minimum atomic E-state index is 0. The van der Waals surface area contributed by atoms with E-state index >= 15 is 0 Å². The van der Waals surface area contributed by atoms with Gasteiger partial charge in [0.25, 0.3) is 0 Å². The monoisotopic (exact) mass is 544 g/mol. The molecule has 4 aromatic rings. The molecule has 3 fully saturated rings. The first kappa shape index (κ1) is 28.4. The van der Waals surface area contributed by atoms with Crippen molar-refractivity contribution in [3.05, 3.63) is 131 Å². The van der Waals surface area contributed by atoms with Crippen LogP contribution in [0.5, 0.6) is 0 Å². The number of fused-ring (bicyclic) bond motifs is 3. The van der Waals surface area contributed by atoms with Crippen LogP contribution in [0.1, 0.15) is 35.1 Å². The van der Waals surface area contributed by atoms with Gasteiger partial charge in [-0.2, -0.15) is 0 Å². The van der Waals surface area contributed by atoms with Crippen LogP contribution in [-0.4, -0.2) is 30.1 Å². The molecule has 4 heteroatoms. The molecule has 3 aliphatic rings. The molecule has 2 unspecified atom stereocenters. The number of hydrogen-bond acceptors (Lipinski definition) is 2. The molecule has 7 rings (SSSR count). The minimum Gasteiger partial charge on any atom is -0.308 e. The lowest BCUT2D eigenvalue weighted by atomic mass is 9.76. The number of nitrogens with zero attached hydrogens (tertiary/aromatic N) is 1. The van der Waals surface area contributed by atoms with Gasteiger partial charge in [-0.1, -0.05) is 109 Å². The van der Waals surface area contributed by atoms with Crippen molar-refractivity contribution in [2.75, 3.05) is 13.1 Å². The van der Waals surface area contributed by atoms with Crippen molar-refractivity contribution < 1.29 is 0 Å². The molecule has 198 valence electrons. The van der Waals surface area contributed by atoms with Gasteiger partial charge in [0.15, 0.2) is 0 Å². The first-order valence-electron chi connectivity index (χ1n) is 13.6. The molecule has 4 aromatic carbocycles. The van der Waals surface area contributed by atoms with E-state index in [0.717, 1.165) is 25.3 Å². The van der Waals surface area contributed by atoms with Crippen LogP contribution >= 0.6 is 24.8 Å². The van der Waals surface area contributed by atoms with Crippen molar-refractivity contribution >= 4 is 24.8 Å². The summed E-state index contributed by atoms with van der Waals surface area (Å²) in [6.45, 7) is 3.44. The van der Waals surface area contributed by atoms with Crippen molar-refractivity contribution in [1.82, 2.24) is 10.2 Å². The van der Waals surface area contributed by atoms with Crippen molar-refractivity contribution in [3.63, 3.8) is 0 Å². The van der Waals surface area contributed by atoms with E-state index in [-0.39, 0.29) is 24.8 Å². The Morgan fingerprint density at radius 2 is 1.13 bits per heavy atom. The molecular weight excluding hydrogens is 507 g/mol. The molecule has 3 heterocycles. The second kappa shape index (κ2) is 13.4. The molecule has 38 heavy (non-hydrogen) atoms. The molecule has 2 nitrogen and oxygen atoms in total.